The lowest BCUT2D eigenvalue weighted by Gasteiger charge is -1.93. The van der Waals surface area contributed by atoms with Crippen molar-refractivity contribution in [1.29, 1.82) is 0 Å². The van der Waals surface area contributed by atoms with E-state index < -0.39 is 0 Å². The zero-order valence-electron chi connectivity index (χ0n) is 7.33. The van der Waals surface area contributed by atoms with Crippen LogP contribution in [0.2, 0.25) is 0 Å². The summed E-state index contributed by atoms with van der Waals surface area (Å²) in [6.07, 6.45) is 2.22. The third kappa shape index (κ3) is 1.53. The molecule has 1 fully saturated rings. The number of carbonyl (C=O) groups excluding carboxylic acids is 1. The molecule has 11 heavy (non-hydrogen) atoms. The van der Waals surface area contributed by atoms with Gasteiger partial charge in [-0.1, -0.05) is 13.3 Å². The molecule has 64 valence electrons. The van der Waals surface area contributed by atoms with Gasteiger partial charge in [0.25, 0.3) is 0 Å². The van der Waals surface area contributed by atoms with E-state index in [-0.39, 0.29) is 12.0 Å². The number of methoxy groups -OCH3 is 1. The van der Waals surface area contributed by atoms with E-state index in [1.165, 1.54) is 7.11 Å². The van der Waals surface area contributed by atoms with E-state index in [0.717, 1.165) is 12.8 Å². The maximum atomic E-state index is 11.0. The van der Waals surface area contributed by atoms with Gasteiger partial charge in [0.2, 0.25) is 0 Å². The lowest BCUT2D eigenvalue weighted by molar-refractivity contribution is -0.140. The van der Waals surface area contributed by atoms with Gasteiger partial charge in [-0.05, 0) is 13.5 Å². The summed E-state index contributed by atoms with van der Waals surface area (Å²) in [4.78, 5) is 13.1. The van der Waals surface area contributed by atoms with Crippen LogP contribution in [0.25, 0.3) is 0 Å². The zero-order chi connectivity index (χ0) is 8.43. The molecule has 1 aliphatic heterocycles. The molecule has 1 aliphatic rings. The molecule has 0 N–H and O–H groups in total. The molecule has 3 heteroatoms. The van der Waals surface area contributed by atoms with Crippen molar-refractivity contribution in [2.24, 2.45) is 0 Å². The molecule has 1 rings (SSSR count). The standard InChI is InChI=1S/C8H15NO2/c1-4-5-6-7(9(6)2)8(10)11-3/h6-7H,4-5H2,1-3H3. The zero-order valence-corrected chi connectivity index (χ0v) is 7.33. The van der Waals surface area contributed by atoms with Crippen LogP contribution in [-0.2, 0) is 9.53 Å². The molecular weight excluding hydrogens is 142 g/mol. The van der Waals surface area contributed by atoms with Crippen molar-refractivity contribution >= 4 is 5.97 Å². The van der Waals surface area contributed by atoms with Crippen LogP contribution in [0.5, 0.6) is 0 Å². The number of hydrogen-bond donors (Lipinski definition) is 0. The summed E-state index contributed by atoms with van der Waals surface area (Å²) >= 11 is 0. The van der Waals surface area contributed by atoms with Crippen molar-refractivity contribution in [3.8, 4) is 0 Å². The largest absolute Gasteiger partial charge is 0.468 e. The number of esters is 1. The normalized spacial score (nSPS) is 35.0. The molecule has 3 unspecified atom stereocenters. The van der Waals surface area contributed by atoms with E-state index >= 15 is 0 Å². The number of ether oxygens (including phenoxy) is 1. The van der Waals surface area contributed by atoms with Gasteiger partial charge in [-0.3, -0.25) is 9.69 Å². The smallest absolute Gasteiger partial charge is 0.324 e. The Morgan fingerprint density at radius 2 is 2.27 bits per heavy atom. The lowest BCUT2D eigenvalue weighted by atomic mass is 10.2. The first kappa shape index (κ1) is 8.53. The van der Waals surface area contributed by atoms with Gasteiger partial charge >= 0.3 is 5.97 Å². The van der Waals surface area contributed by atoms with Gasteiger partial charge in [-0.25, -0.2) is 0 Å². The number of hydrogen-bond acceptors (Lipinski definition) is 3. The number of likely N-dealkylation sites (N-methyl/N-ethyl adjacent to an activating group) is 1. The topological polar surface area (TPSA) is 29.3 Å². The van der Waals surface area contributed by atoms with Crippen molar-refractivity contribution in [1.82, 2.24) is 4.90 Å². The van der Waals surface area contributed by atoms with Gasteiger partial charge in [0.1, 0.15) is 6.04 Å². The lowest BCUT2D eigenvalue weighted by Crippen LogP contribution is -2.13. The van der Waals surface area contributed by atoms with Crippen LogP contribution in [0.3, 0.4) is 0 Å². The quantitative estimate of drug-likeness (QED) is 0.445. The van der Waals surface area contributed by atoms with E-state index in [9.17, 15) is 4.79 Å². The fourth-order valence-corrected chi connectivity index (χ4v) is 1.50. The molecule has 3 nitrogen and oxygen atoms in total. The van der Waals surface area contributed by atoms with E-state index in [1.807, 2.05) is 7.05 Å². The van der Waals surface area contributed by atoms with Crippen LogP contribution < -0.4 is 0 Å². The highest BCUT2D eigenvalue weighted by atomic mass is 16.5. The molecule has 0 aromatic carbocycles. The van der Waals surface area contributed by atoms with Crippen molar-refractivity contribution in [3.05, 3.63) is 0 Å². The van der Waals surface area contributed by atoms with E-state index in [1.54, 1.807) is 0 Å². The monoisotopic (exact) mass is 157 g/mol. The maximum Gasteiger partial charge on any atom is 0.324 e. The summed E-state index contributed by atoms with van der Waals surface area (Å²) in [7, 11) is 3.40. The van der Waals surface area contributed by atoms with Crippen LogP contribution in [-0.4, -0.2) is 37.1 Å². The van der Waals surface area contributed by atoms with Gasteiger partial charge in [0.05, 0.1) is 7.11 Å². The molecule has 0 spiro atoms. The van der Waals surface area contributed by atoms with Gasteiger partial charge in [-0.15, -0.1) is 0 Å². The number of nitrogens with zero attached hydrogens (tertiary/aromatic N) is 1. The van der Waals surface area contributed by atoms with Gasteiger partial charge < -0.3 is 4.74 Å². The second-order valence-electron chi connectivity index (χ2n) is 2.99. The molecule has 0 aliphatic carbocycles. The van der Waals surface area contributed by atoms with Crippen LogP contribution in [0, 0.1) is 0 Å². The molecule has 0 radical (unpaired) electrons. The second-order valence-corrected chi connectivity index (χ2v) is 2.99. The van der Waals surface area contributed by atoms with E-state index in [0.29, 0.717) is 6.04 Å². The number of rotatable bonds is 3. The van der Waals surface area contributed by atoms with Crippen molar-refractivity contribution < 1.29 is 9.53 Å². The molecule has 0 aromatic rings. The predicted molar refractivity (Wildman–Crippen MR) is 42.3 cm³/mol. The summed E-state index contributed by atoms with van der Waals surface area (Å²) in [5, 5.41) is 0. The minimum atomic E-state index is -0.0917. The van der Waals surface area contributed by atoms with Gasteiger partial charge in [0, 0.05) is 6.04 Å². The molecule has 3 atom stereocenters. The SMILES string of the molecule is CCCC1C(C(=O)OC)N1C. The fraction of sp³-hybridized carbons (Fsp3) is 0.875. The Morgan fingerprint density at radius 3 is 2.73 bits per heavy atom. The first-order chi connectivity index (χ1) is 5.22. The molecular formula is C8H15NO2. The molecule has 0 amide bonds. The number of carbonyl (C=O) groups is 1. The van der Waals surface area contributed by atoms with Gasteiger partial charge in [-0.2, -0.15) is 0 Å². The van der Waals surface area contributed by atoms with E-state index in [4.69, 9.17) is 0 Å². The minimum Gasteiger partial charge on any atom is -0.468 e. The highest BCUT2D eigenvalue weighted by molar-refractivity contribution is 5.80. The van der Waals surface area contributed by atoms with Crippen LogP contribution >= 0.6 is 0 Å². The summed E-state index contributed by atoms with van der Waals surface area (Å²) in [6.45, 7) is 2.13. The van der Waals surface area contributed by atoms with Crippen LogP contribution in [0.15, 0.2) is 0 Å². The summed E-state index contributed by atoms with van der Waals surface area (Å²) in [6, 6.07) is 0.479. The molecule has 1 saturated heterocycles. The van der Waals surface area contributed by atoms with Crippen LogP contribution in [0.1, 0.15) is 19.8 Å². The third-order valence-electron chi connectivity index (χ3n) is 2.26. The van der Waals surface area contributed by atoms with Gasteiger partial charge in [0.15, 0.2) is 0 Å². The predicted octanol–water partition coefficient (Wildman–Crippen LogP) is 0.642. The molecule has 0 saturated carbocycles. The van der Waals surface area contributed by atoms with Crippen LogP contribution in [0.4, 0.5) is 0 Å². The summed E-state index contributed by atoms with van der Waals surface area (Å²) < 4.78 is 4.64. The Kier molecular flexibility index (Phi) is 2.49. The highest BCUT2D eigenvalue weighted by Crippen LogP contribution is 2.30. The Labute approximate surface area is 67.3 Å². The maximum absolute atomic E-state index is 11.0. The Balaban J connectivity index is 2.35. The molecule has 0 bridgehead atoms. The average Bonchev–Trinajstić information content (AvgIpc) is 2.62. The Bertz CT molecular complexity index is 158. The second kappa shape index (κ2) is 3.22. The first-order valence-corrected chi connectivity index (χ1v) is 4.02. The summed E-state index contributed by atoms with van der Waals surface area (Å²) in [5.74, 6) is -0.0917. The van der Waals surface area contributed by atoms with E-state index in [2.05, 4.69) is 16.6 Å². The fourth-order valence-electron chi connectivity index (χ4n) is 1.50. The van der Waals surface area contributed by atoms with Crippen molar-refractivity contribution in [3.63, 3.8) is 0 Å². The summed E-state index contributed by atoms with van der Waals surface area (Å²) in [5.41, 5.74) is 0. The van der Waals surface area contributed by atoms with Crippen molar-refractivity contribution in [2.75, 3.05) is 14.2 Å². The third-order valence-corrected chi connectivity index (χ3v) is 2.26. The van der Waals surface area contributed by atoms with Crippen molar-refractivity contribution in [2.45, 2.75) is 31.8 Å². The molecule has 0 aromatic heterocycles. The Morgan fingerprint density at radius 1 is 1.64 bits per heavy atom. The highest BCUT2D eigenvalue weighted by Gasteiger charge is 2.49. The first-order valence-electron chi connectivity index (χ1n) is 4.02. The molecule has 1 heterocycles. The minimum absolute atomic E-state index is 0.0416. The Hall–Kier alpha value is -0.570. The average molecular weight is 157 g/mol.